The number of amides is 1. The summed E-state index contributed by atoms with van der Waals surface area (Å²) in [6.07, 6.45) is 78.3. The molecule has 74 heavy (non-hydrogen) atoms. The first-order valence-corrected chi connectivity index (χ1v) is 33.9. The summed E-state index contributed by atoms with van der Waals surface area (Å²) in [4.78, 5) is 24.6. The van der Waals surface area contributed by atoms with Crippen LogP contribution in [0.5, 0.6) is 0 Å². The minimum Gasteiger partial charge on any atom is -0.466 e. The number of esters is 1. The summed E-state index contributed by atoms with van der Waals surface area (Å²) in [6.45, 7) is 4.97. The highest BCUT2D eigenvalue weighted by Gasteiger charge is 2.20. The smallest absolute Gasteiger partial charge is 0.305 e. The Kier molecular flexibility index (Phi) is 62.9. The minimum absolute atomic E-state index is 0.0185. The SMILES string of the molecule is CCCCCCCC/C=C\CCCCCCCCCCCC(=O)OCCCCCCCCCCCCCCCCCCCCCCCCCCCCCC(=O)NC(CO)C(O)CCCCCCCCCCCCC. The van der Waals surface area contributed by atoms with Gasteiger partial charge < -0.3 is 20.3 Å². The molecule has 2 unspecified atom stereocenters. The van der Waals surface area contributed by atoms with Gasteiger partial charge >= 0.3 is 5.97 Å². The number of ether oxygens (including phenoxy) is 1. The first-order chi connectivity index (χ1) is 36.5. The Hall–Kier alpha value is -1.40. The molecule has 0 saturated heterocycles. The average Bonchev–Trinajstić information content (AvgIpc) is 3.40. The van der Waals surface area contributed by atoms with Gasteiger partial charge in [-0.2, -0.15) is 0 Å². The fourth-order valence-corrected chi connectivity index (χ4v) is 10.9. The third kappa shape index (κ3) is 59.8. The summed E-state index contributed by atoms with van der Waals surface area (Å²) in [5, 5.41) is 23.2. The number of carbonyl (C=O) groups excluding carboxylic acids is 2. The van der Waals surface area contributed by atoms with E-state index in [9.17, 15) is 19.8 Å². The van der Waals surface area contributed by atoms with Crippen molar-refractivity contribution < 1.29 is 24.5 Å². The standard InChI is InChI=1S/C68H133NO5/c1-3-5-7-9-11-13-15-16-17-18-28-32-35-38-42-46-50-54-58-62-68(73)74-63-59-55-51-47-43-39-36-33-30-27-25-23-21-19-20-22-24-26-29-31-34-37-41-45-49-53-57-61-67(72)69-65(64-70)66(71)60-56-52-48-44-40-14-12-10-8-6-4-2/h16-17,65-66,70-71H,3-15,18-64H2,1-2H3,(H,69,72)/b17-16-. The summed E-state index contributed by atoms with van der Waals surface area (Å²) < 4.78 is 5.51. The third-order valence-corrected chi connectivity index (χ3v) is 16.1. The van der Waals surface area contributed by atoms with Gasteiger partial charge in [-0.15, -0.1) is 0 Å². The number of hydrogen-bond donors (Lipinski definition) is 3. The second-order valence-corrected chi connectivity index (χ2v) is 23.5. The molecule has 0 aromatic heterocycles. The first-order valence-electron chi connectivity index (χ1n) is 33.9. The van der Waals surface area contributed by atoms with E-state index in [1.165, 1.54) is 315 Å². The molecule has 0 bridgehead atoms. The second-order valence-electron chi connectivity index (χ2n) is 23.5. The van der Waals surface area contributed by atoms with Gasteiger partial charge in [0.05, 0.1) is 25.4 Å². The van der Waals surface area contributed by atoms with E-state index in [0.29, 0.717) is 25.9 Å². The summed E-state index contributed by atoms with van der Waals surface area (Å²) >= 11 is 0. The van der Waals surface area contributed by atoms with E-state index < -0.39 is 12.1 Å². The maximum absolute atomic E-state index is 12.5. The van der Waals surface area contributed by atoms with Crippen molar-refractivity contribution in [2.24, 2.45) is 0 Å². The molecule has 0 spiro atoms. The number of rotatable bonds is 64. The van der Waals surface area contributed by atoms with E-state index >= 15 is 0 Å². The van der Waals surface area contributed by atoms with Crippen LogP contribution in [0.15, 0.2) is 12.2 Å². The highest BCUT2D eigenvalue weighted by molar-refractivity contribution is 5.76. The molecule has 6 heteroatoms. The molecule has 0 saturated carbocycles. The number of carbonyl (C=O) groups is 2. The van der Waals surface area contributed by atoms with Gasteiger partial charge in [-0.3, -0.25) is 9.59 Å². The van der Waals surface area contributed by atoms with Gasteiger partial charge in [-0.05, 0) is 51.4 Å². The zero-order valence-electron chi connectivity index (χ0n) is 50.4. The quantitative estimate of drug-likeness (QED) is 0.0320. The van der Waals surface area contributed by atoms with Crippen molar-refractivity contribution in [1.29, 1.82) is 0 Å². The van der Waals surface area contributed by atoms with Gasteiger partial charge in [0.2, 0.25) is 5.91 Å². The Morgan fingerprint density at radius 2 is 0.635 bits per heavy atom. The lowest BCUT2D eigenvalue weighted by atomic mass is 10.0. The molecule has 0 radical (unpaired) electrons. The number of nitrogens with one attached hydrogen (secondary N) is 1. The van der Waals surface area contributed by atoms with Gasteiger partial charge in [-0.25, -0.2) is 0 Å². The fraction of sp³-hybridized carbons (Fsp3) is 0.941. The van der Waals surface area contributed by atoms with E-state index in [-0.39, 0.29) is 18.5 Å². The van der Waals surface area contributed by atoms with Crippen LogP contribution in [0.3, 0.4) is 0 Å². The number of hydrogen-bond acceptors (Lipinski definition) is 5. The largest absolute Gasteiger partial charge is 0.466 e. The van der Waals surface area contributed by atoms with Gasteiger partial charge in [0.25, 0.3) is 0 Å². The lowest BCUT2D eigenvalue weighted by Gasteiger charge is -2.22. The van der Waals surface area contributed by atoms with Crippen molar-refractivity contribution >= 4 is 11.9 Å². The van der Waals surface area contributed by atoms with Crippen LogP contribution in [0.2, 0.25) is 0 Å². The van der Waals surface area contributed by atoms with Crippen LogP contribution in [-0.2, 0) is 14.3 Å². The zero-order chi connectivity index (χ0) is 53.6. The van der Waals surface area contributed by atoms with Crippen molar-refractivity contribution in [3.63, 3.8) is 0 Å². The van der Waals surface area contributed by atoms with Crippen LogP contribution in [-0.4, -0.2) is 47.4 Å². The molecule has 0 aliphatic carbocycles. The molecule has 0 heterocycles. The topological polar surface area (TPSA) is 95.9 Å². The van der Waals surface area contributed by atoms with Crippen LogP contribution < -0.4 is 5.32 Å². The number of unbranched alkanes of at least 4 members (excludes halogenated alkanes) is 51. The molecule has 0 aromatic rings. The maximum atomic E-state index is 12.5. The van der Waals surface area contributed by atoms with Crippen LogP contribution >= 0.6 is 0 Å². The van der Waals surface area contributed by atoms with Crippen molar-refractivity contribution in [2.45, 2.75) is 398 Å². The molecule has 0 aliphatic rings. The third-order valence-electron chi connectivity index (χ3n) is 16.1. The Labute approximate surface area is 463 Å². The van der Waals surface area contributed by atoms with E-state index in [2.05, 4.69) is 31.3 Å². The lowest BCUT2D eigenvalue weighted by Crippen LogP contribution is -2.45. The minimum atomic E-state index is -0.660. The molecule has 0 aliphatic heterocycles. The van der Waals surface area contributed by atoms with Gasteiger partial charge in [0.15, 0.2) is 0 Å². The van der Waals surface area contributed by atoms with E-state index in [1.807, 2.05) is 0 Å². The van der Waals surface area contributed by atoms with Gasteiger partial charge in [0.1, 0.15) is 0 Å². The van der Waals surface area contributed by atoms with E-state index in [4.69, 9.17) is 4.74 Å². The number of aliphatic hydroxyl groups is 2. The highest BCUT2D eigenvalue weighted by Crippen LogP contribution is 2.19. The zero-order valence-corrected chi connectivity index (χ0v) is 50.4. The number of aliphatic hydroxyl groups excluding tert-OH is 2. The van der Waals surface area contributed by atoms with Crippen molar-refractivity contribution in [3.05, 3.63) is 12.2 Å². The van der Waals surface area contributed by atoms with Crippen molar-refractivity contribution in [3.8, 4) is 0 Å². The van der Waals surface area contributed by atoms with E-state index in [0.717, 1.165) is 38.5 Å². The van der Waals surface area contributed by atoms with Crippen molar-refractivity contribution in [2.75, 3.05) is 13.2 Å². The maximum Gasteiger partial charge on any atom is 0.305 e. The van der Waals surface area contributed by atoms with Crippen molar-refractivity contribution in [1.82, 2.24) is 5.32 Å². The van der Waals surface area contributed by atoms with Crippen LogP contribution in [0.25, 0.3) is 0 Å². The van der Waals surface area contributed by atoms with Crippen LogP contribution in [0.4, 0.5) is 0 Å². The molecular weight excluding hydrogens is 911 g/mol. The molecule has 6 nitrogen and oxygen atoms in total. The molecular formula is C68H133NO5. The molecule has 440 valence electrons. The summed E-state index contributed by atoms with van der Waals surface area (Å²) in [6, 6.07) is -0.537. The predicted octanol–water partition coefficient (Wildman–Crippen LogP) is 21.6. The fourth-order valence-electron chi connectivity index (χ4n) is 10.9. The molecule has 0 rings (SSSR count). The van der Waals surface area contributed by atoms with Gasteiger partial charge in [0, 0.05) is 12.8 Å². The van der Waals surface area contributed by atoms with Crippen LogP contribution in [0.1, 0.15) is 386 Å². The first kappa shape index (κ1) is 72.6. The molecule has 2 atom stereocenters. The molecule has 0 fully saturated rings. The summed E-state index contributed by atoms with van der Waals surface area (Å²) in [7, 11) is 0. The van der Waals surface area contributed by atoms with Gasteiger partial charge in [-0.1, -0.05) is 334 Å². The molecule has 1 amide bonds. The predicted molar refractivity (Wildman–Crippen MR) is 324 cm³/mol. The monoisotopic (exact) mass is 1040 g/mol. The highest BCUT2D eigenvalue weighted by atomic mass is 16.5. The molecule has 3 N–H and O–H groups in total. The second kappa shape index (κ2) is 64.1. The molecule has 0 aromatic carbocycles. The Morgan fingerprint density at radius 1 is 0.365 bits per heavy atom. The van der Waals surface area contributed by atoms with E-state index in [1.54, 1.807) is 0 Å². The summed E-state index contributed by atoms with van der Waals surface area (Å²) in [5.74, 6) is -0.0127. The normalized spacial score (nSPS) is 12.5. The average molecular weight is 1040 g/mol. The Balaban J connectivity index is 3.30. The summed E-state index contributed by atoms with van der Waals surface area (Å²) in [5.41, 5.74) is 0. The van der Waals surface area contributed by atoms with Crippen LogP contribution in [0, 0.1) is 0 Å². The Morgan fingerprint density at radius 3 is 0.959 bits per heavy atom. The lowest BCUT2D eigenvalue weighted by molar-refractivity contribution is -0.143. The Bertz CT molecular complexity index is 1110. The number of allylic oxidation sites excluding steroid dienone is 2.